The van der Waals surface area contributed by atoms with Gasteiger partial charge >= 0.3 is 12.1 Å². The van der Waals surface area contributed by atoms with Crippen LogP contribution in [0.2, 0.25) is 0 Å². The van der Waals surface area contributed by atoms with Crippen molar-refractivity contribution in [2.75, 3.05) is 6.61 Å². The highest BCUT2D eigenvalue weighted by atomic mass is 16.6. The summed E-state index contributed by atoms with van der Waals surface area (Å²) in [6.45, 7) is 14.2. The van der Waals surface area contributed by atoms with Gasteiger partial charge in [0.15, 0.2) is 0 Å². The van der Waals surface area contributed by atoms with E-state index in [1.165, 1.54) is 6.92 Å². The van der Waals surface area contributed by atoms with Crippen LogP contribution in [-0.2, 0) is 20.9 Å². The number of nitrogens with one attached hydrogen (secondary N) is 1. The summed E-state index contributed by atoms with van der Waals surface area (Å²) in [6, 6.07) is 6.79. The van der Waals surface area contributed by atoms with Crippen molar-refractivity contribution in [3.05, 3.63) is 29.8 Å². The van der Waals surface area contributed by atoms with E-state index in [0.717, 1.165) is 5.56 Å². The molecule has 0 aliphatic heterocycles. The van der Waals surface area contributed by atoms with Crippen LogP contribution < -0.4 is 10.1 Å². The Labute approximate surface area is 156 Å². The molecule has 1 aromatic rings. The summed E-state index contributed by atoms with van der Waals surface area (Å²) in [5, 5.41) is 2.78. The Bertz CT molecular complexity index is 596. The fourth-order valence-electron chi connectivity index (χ4n) is 1.96. The van der Waals surface area contributed by atoms with E-state index in [0.29, 0.717) is 12.4 Å². The fraction of sp³-hybridized carbons (Fsp3) is 0.600. The molecule has 1 rings (SSSR count). The Kier molecular flexibility index (Phi) is 7.63. The van der Waals surface area contributed by atoms with E-state index in [1.807, 2.05) is 20.8 Å². The van der Waals surface area contributed by atoms with Gasteiger partial charge in [0.05, 0.1) is 6.61 Å². The third kappa shape index (κ3) is 8.85. The Balaban J connectivity index is 2.55. The molecule has 1 N–H and O–H groups in total. The molecule has 1 unspecified atom stereocenters. The lowest BCUT2D eigenvalue weighted by Gasteiger charge is -2.33. The van der Waals surface area contributed by atoms with Crippen LogP contribution in [0.25, 0.3) is 0 Å². The first kappa shape index (κ1) is 22.0. The predicted molar refractivity (Wildman–Crippen MR) is 99.7 cm³/mol. The zero-order chi connectivity index (χ0) is 20.0. The van der Waals surface area contributed by atoms with Crippen molar-refractivity contribution >= 4 is 12.1 Å². The molecule has 0 saturated heterocycles. The van der Waals surface area contributed by atoms with E-state index >= 15 is 0 Å². The smallest absolute Gasteiger partial charge is 0.409 e. The van der Waals surface area contributed by atoms with Gasteiger partial charge in [-0.05, 0) is 23.1 Å². The average Bonchev–Trinajstić information content (AvgIpc) is 2.48. The molecule has 6 heteroatoms. The molecule has 146 valence electrons. The summed E-state index contributed by atoms with van der Waals surface area (Å²) >= 11 is 0. The van der Waals surface area contributed by atoms with Crippen molar-refractivity contribution in [3.8, 4) is 5.75 Å². The Morgan fingerprint density at radius 3 is 2.08 bits per heavy atom. The van der Waals surface area contributed by atoms with Crippen LogP contribution in [-0.4, -0.2) is 24.9 Å². The maximum Gasteiger partial charge on any atom is 0.409 e. The lowest BCUT2D eigenvalue weighted by molar-refractivity contribution is -0.131. The number of ether oxygens (including phenoxy) is 3. The topological polar surface area (TPSA) is 73.9 Å². The number of hydrogen-bond donors (Lipinski definition) is 1. The van der Waals surface area contributed by atoms with Crippen molar-refractivity contribution in [3.63, 3.8) is 0 Å². The molecule has 26 heavy (non-hydrogen) atoms. The van der Waals surface area contributed by atoms with Gasteiger partial charge < -0.3 is 14.2 Å². The molecule has 0 heterocycles. The zero-order valence-corrected chi connectivity index (χ0v) is 16.8. The Hall–Kier alpha value is -2.08. The van der Waals surface area contributed by atoms with Crippen LogP contribution >= 0.6 is 0 Å². The minimum Gasteiger partial charge on any atom is -0.445 e. The number of amides is 1. The molecule has 0 radical (unpaired) electrons. The summed E-state index contributed by atoms with van der Waals surface area (Å²) in [4.78, 5) is 23.0. The van der Waals surface area contributed by atoms with Crippen molar-refractivity contribution in [1.82, 2.24) is 5.32 Å². The first-order valence-corrected chi connectivity index (χ1v) is 8.69. The number of alkyl carbamates (subject to hydrolysis) is 1. The molecule has 0 spiro atoms. The molecular formula is C20H31NO5. The Morgan fingerprint density at radius 1 is 1.04 bits per heavy atom. The first-order valence-electron chi connectivity index (χ1n) is 8.69. The minimum atomic E-state index is -0.539. The van der Waals surface area contributed by atoms with Gasteiger partial charge in [0.25, 0.3) is 0 Å². The van der Waals surface area contributed by atoms with Crippen LogP contribution in [0.3, 0.4) is 0 Å². The lowest BCUT2D eigenvalue weighted by atomic mass is 9.93. The van der Waals surface area contributed by atoms with Crippen LogP contribution in [0, 0.1) is 10.8 Å². The normalized spacial score (nSPS) is 13.0. The largest absolute Gasteiger partial charge is 0.445 e. The number of benzene rings is 1. The highest BCUT2D eigenvalue weighted by Gasteiger charge is 2.29. The fourth-order valence-corrected chi connectivity index (χ4v) is 1.96. The molecule has 1 aromatic carbocycles. The molecule has 6 nitrogen and oxygen atoms in total. The van der Waals surface area contributed by atoms with Crippen LogP contribution in [0.4, 0.5) is 4.79 Å². The number of carbonyl (C=O) groups is 2. The highest BCUT2D eigenvalue weighted by Crippen LogP contribution is 2.23. The predicted octanol–water partition coefficient (Wildman–Crippen LogP) is 4.27. The van der Waals surface area contributed by atoms with E-state index < -0.39 is 12.3 Å². The third-order valence-electron chi connectivity index (χ3n) is 3.27. The van der Waals surface area contributed by atoms with Crippen molar-refractivity contribution in [1.29, 1.82) is 0 Å². The van der Waals surface area contributed by atoms with Gasteiger partial charge in [-0.1, -0.05) is 53.7 Å². The molecule has 0 saturated carbocycles. The van der Waals surface area contributed by atoms with Gasteiger partial charge in [-0.15, -0.1) is 0 Å². The molecule has 0 aromatic heterocycles. The van der Waals surface area contributed by atoms with E-state index in [1.54, 1.807) is 24.3 Å². The van der Waals surface area contributed by atoms with Crippen LogP contribution in [0.5, 0.6) is 5.75 Å². The highest BCUT2D eigenvalue weighted by molar-refractivity contribution is 5.69. The third-order valence-corrected chi connectivity index (χ3v) is 3.27. The van der Waals surface area contributed by atoms with Gasteiger partial charge in [0.1, 0.15) is 18.6 Å². The quantitative estimate of drug-likeness (QED) is 0.463. The van der Waals surface area contributed by atoms with Gasteiger partial charge in [0.2, 0.25) is 0 Å². The monoisotopic (exact) mass is 365 g/mol. The lowest BCUT2D eigenvalue weighted by Crippen LogP contribution is -2.46. The molecule has 0 fully saturated rings. The number of carbonyl (C=O) groups excluding carboxylic acids is 2. The molecule has 0 bridgehead atoms. The second kappa shape index (κ2) is 9.03. The van der Waals surface area contributed by atoms with Gasteiger partial charge in [-0.25, -0.2) is 4.79 Å². The molecule has 0 aliphatic carbocycles. The summed E-state index contributed by atoms with van der Waals surface area (Å²) < 4.78 is 16.1. The summed E-state index contributed by atoms with van der Waals surface area (Å²) in [6.07, 6.45) is -0.997. The van der Waals surface area contributed by atoms with Crippen LogP contribution in [0.15, 0.2) is 24.3 Å². The summed E-state index contributed by atoms with van der Waals surface area (Å²) in [7, 11) is 0. The average molecular weight is 365 g/mol. The zero-order valence-electron chi connectivity index (χ0n) is 16.8. The molecule has 1 atom stereocenters. The second-order valence-electron chi connectivity index (χ2n) is 8.58. The molecule has 1 amide bonds. The van der Waals surface area contributed by atoms with Crippen molar-refractivity contribution in [2.45, 2.75) is 61.3 Å². The second-order valence-corrected chi connectivity index (χ2v) is 8.58. The van der Waals surface area contributed by atoms with Crippen molar-refractivity contribution < 1.29 is 23.8 Å². The van der Waals surface area contributed by atoms with E-state index in [9.17, 15) is 9.59 Å². The van der Waals surface area contributed by atoms with E-state index in [-0.39, 0.29) is 23.4 Å². The van der Waals surface area contributed by atoms with Gasteiger partial charge in [-0.2, -0.15) is 0 Å². The molecular weight excluding hydrogens is 334 g/mol. The first-order chi connectivity index (χ1) is 11.9. The Morgan fingerprint density at radius 2 is 1.62 bits per heavy atom. The minimum absolute atomic E-state index is 0.00122. The number of hydrogen-bond acceptors (Lipinski definition) is 5. The van der Waals surface area contributed by atoms with Gasteiger partial charge in [0, 0.05) is 12.3 Å². The SMILES string of the molecule is CC(=O)Oc1ccc(COC(=O)NC(OCC(C)(C)C)C(C)(C)C)cc1. The molecule has 0 aliphatic rings. The van der Waals surface area contributed by atoms with Crippen LogP contribution in [0.1, 0.15) is 54.0 Å². The maximum atomic E-state index is 12.1. The number of rotatable bonds is 6. The van der Waals surface area contributed by atoms with E-state index in [4.69, 9.17) is 14.2 Å². The standard InChI is InChI=1S/C20H31NO5/c1-14(22)26-16-10-8-15(9-11-16)12-24-18(23)21-17(20(5,6)7)25-13-19(2,3)4/h8-11,17H,12-13H2,1-7H3,(H,21,23). The number of esters is 1. The summed E-state index contributed by atoms with van der Waals surface area (Å²) in [5.41, 5.74) is 0.522. The van der Waals surface area contributed by atoms with Gasteiger partial charge in [-0.3, -0.25) is 10.1 Å². The van der Waals surface area contributed by atoms with Crippen molar-refractivity contribution in [2.24, 2.45) is 10.8 Å². The van der Waals surface area contributed by atoms with E-state index in [2.05, 4.69) is 26.1 Å². The summed E-state index contributed by atoms with van der Waals surface area (Å²) in [5.74, 6) is 0.0749. The maximum absolute atomic E-state index is 12.1.